The van der Waals surface area contributed by atoms with Gasteiger partial charge in [0.2, 0.25) is 0 Å². The zero-order valence-electron chi connectivity index (χ0n) is 10.2. The average Bonchev–Trinajstić information content (AvgIpc) is 2.42. The molecule has 0 heterocycles. The predicted molar refractivity (Wildman–Crippen MR) is 82.6 cm³/mol. The number of hydrogen-bond donors (Lipinski definition) is 1. The van der Waals surface area contributed by atoms with E-state index in [-0.39, 0.29) is 11.5 Å². The highest BCUT2D eigenvalue weighted by atomic mass is 127. The summed E-state index contributed by atoms with van der Waals surface area (Å²) < 4.78 is 27.1. The third kappa shape index (κ3) is 3.86. The lowest BCUT2D eigenvalue weighted by Gasteiger charge is -2.02. The summed E-state index contributed by atoms with van der Waals surface area (Å²) in [6.45, 7) is 0. The first-order valence-corrected chi connectivity index (χ1v) is 6.82. The number of hydrogen-bond acceptors (Lipinski definition) is 2. The third-order valence-electron chi connectivity index (χ3n) is 2.53. The fourth-order valence-electron chi connectivity index (χ4n) is 1.52. The minimum atomic E-state index is -0.712. The molecule has 5 heteroatoms. The van der Waals surface area contributed by atoms with Gasteiger partial charge >= 0.3 is 0 Å². The topological polar surface area (TPSA) is 29.1 Å². The second kappa shape index (κ2) is 6.60. The summed E-state index contributed by atoms with van der Waals surface area (Å²) in [5.74, 6) is -1.56. The molecule has 2 rings (SSSR count). The molecule has 0 aliphatic heterocycles. The van der Waals surface area contributed by atoms with Gasteiger partial charge in [-0.25, -0.2) is 8.78 Å². The molecule has 2 nitrogen and oxygen atoms in total. The number of halogens is 3. The monoisotopic (exact) mass is 385 g/mol. The van der Waals surface area contributed by atoms with Crippen LogP contribution >= 0.6 is 22.6 Å². The Bertz CT molecular complexity index is 653. The molecule has 0 bridgehead atoms. The smallest absolute Gasteiger partial charge is 0.187 e. The van der Waals surface area contributed by atoms with E-state index in [4.69, 9.17) is 0 Å². The number of ketones is 1. The van der Waals surface area contributed by atoms with Crippen LogP contribution in [-0.2, 0) is 0 Å². The molecular formula is C15H10F2INO. The summed E-state index contributed by atoms with van der Waals surface area (Å²) in [4.78, 5) is 11.8. The molecule has 0 amide bonds. The maximum Gasteiger partial charge on any atom is 0.187 e. The molecular weight excluding hydrogens is 375 g/mol. The molecule has 0 saturated heterocycles. The van der Waals surface area contributed by atoms with Crippen molar-refractivity contribution in [3.05, 3.63) is 75.5 Å². The van der Waals surface area contributed by atoms with E-state index >= 15 is 0 Å². The van der Waals surface area contributed by atoms with Crippen molar-refractivity contribution >= 4 is 34.1 Å². The maximum absolute atomic E-state index is 13.3. The van der Waals surface area contributed by atoms with Crippen molar-refractivity contribution < 1.29 is 13.6 Å². The highest BCUT2D eigenvalue weighted by Gasteiger charge is 2.03. The average molecular weight is 385 g/mol. The Kier molecular flexibility index (Phi) is 4.84. The third-order valence-corrected chi connectivity index (χ3v) is 3.25. The molecule has 0 aliphatic rings. The number of rotatable bonds is 4. The van der Waals surface area contributed by atoms with Crippen molar-refractivity contribution in [2.75, 3.05) is 5.32 Å². The van der Waals surface area contributed by atoms with Gasteiger partial charge in [0.05, 0.1) is 5.69 Å². The Morgan fingerprint density at radius 1 is 1.10 bits per heavy atom. The molecule has 0 unspecified atom stereocenters. The standard InChI is InChI=1S/C15H10F2INO/c16-11-3-6-14(13(17)9-11)19-8-7-15(20)10-1-4-12(18)5-2-10/h1-9,19H/b8-7-. The van der Waals surface area contributed by atoms with Crippen LogP contribution in [0, 0.1) is 15.2 Å². The van der Waals surface area contributed by atoms with Gasteiger partial charge in [0, 0.05) is 27.5 Å². The van der Waals surface area contributed by atoms with Crippen molar-refractivity contribution in [3.8, 4) is 0 Å². The van der Waals surface area contributed by atoms with Gasteiger partial charge in [-0.2, -0.15) is 0 Å². The summed E-state index contributed by atoms with van der Waals surface area (Å²) in [6, 6.07) is 10.3. The Labute approximate surface area is 128 Å². The highest BCUT2D eigenvalue weighted by molar-refractivity contribution is 14.1. The van der Waals surface area contributed by atoms with E-state index in [9.17, 15) is 13.6 Å². The van der Waals surface area contributed by atoms with Crippen LogP contribution in [0.2, 0.25) is 0 Å². The van der Waals surface area contributed by atoms with E-state index in [0.29, 0.717) is 5.56 Å². The first-order chi connectivity index (χ1) is 9.56. The minimum Gasteiger partial charge on any atom is -0.359 e. The van der Waals surface area contributed by atoms with Crippen LogP contribution in [0.25, 0.3) is 0 Å². The summed E-state index contributed by atoms with van der Waals surface area (Å²) in [5.41, 5.74) is 0.654. The zero-order valence-corrected chi connectivity index (χ0v) is 12.4. The van der Waals surface area contributed by atoms with Crippen molar-refractivity contribution in [1.82, 2.24) is 0 Å². The Balaban J connectivity index is 2.02. The van der Waals surface area contributed by atoms with E-state index in [1.54, 1.807) is 12.1 Å². The first-order valence-electron chi connectivity index (χ1n) is 5.74. The molecule has 20 heavy (non-hydrogen) atoms. The van der Waals surface area contributed by atoms with Gasteiger partial charge in [0.15, 0.2) is 5.78 Å². The van der Waals surface area contributed by atoms with Crippen LogP contribution in [0.1, 0.15) is 10.4 Å². The molecule has 0 atom stereocenters. The van der Waals surface area contributed by atoms with Crippen LogP contribution in [0.4, 0.5) is 14.5 Å². The van der Waals surface area contributed by atoms with Crippen molar-refractivity contribution in [3.63, 3.8) is 0 Å². The number of nitrogens with one attached hydrogen (secondary N) is 1. The zero-order chi connectivity index (χ0) is 14.5. The molecule has 0 radical (unpaired) electrons. The Hall–Kier alpha value is -1.76. The Morgan fingerprint density at radius 3 is 2.45 bits per heavy atom. The molecule has 0 aliphatic carbocycles. The summed E-state index contributed by atoms with van der Waals surface area (Å²) >= 11 is 2.15. The van der Waals surface area contributed by atoms with Gasteiger partial charge < -0.3 is 5.32 Å². The lowest BCUT2D eigenvalue weighted by molar-refractivity contribution is 0.104. The lowest BCUT2D eigenvalue weighted by Crippen LogP contribution is -1.97. The predicted octanol–water partition coefficient (Wildman–Crippen LogP) is 4.38. The molecule has 0 aromatic heterocycles. The van der Waals surface area contributed by atoms with Gasteiger partial charge in [0.1, 0.15) is 11.6 Å². The number of carbonyl (C=O) groups excluding carboxylic acids is 1. The molecule has 2 aromatic carbocycles. The van der Waals surface area contributed by atoms with E-state index < -0.39 is 11.6 Å². The SMILES string of the molecule is O=C(/C=C\Nc1ccc(F)cc1F)c1ccc(I)cc1. The van der Waals surface area contributed by atoms with Crippen LogP contribution in [0.3, 0.4) is 0 Å². The number of carbonyl (C=O) groups is 1. The second-order valence-corrected chi connectivity index (χ2v) is 5.22. The van der Waals surface area contributed by atoms with E-state index in [1.807, 2.05) is 12.1 Å². The molecule has 0 spiro atoms. The molecule has 0 fully saturated rings. The summed E-state index contributed by atoms with van der Waals surface area (Å²) in [6.07, 6.45) is 2.63. The molecule has 2 aromatic rings. The molecule has 0 saturated carbocycles. The van der Waals surface area contributed by atoms with Crippen molar-refractivity contribution in [2.45, 2.75) is 0 Å². The minimum absolute atomic E-state index is 0.109. The van der Waals surface area contributed by atoms with Gasteiger partial charge in [-0.05, 0) is 46.9 Å². The van der Waals surface area contributed by atoms with Crippen LogP contribution in [-0.4, -0.2) is 5.78 Å². The number of allylic oxidation sites excluding steroid dienone is 1. The normalized spacial score (nSPS) is 10.8. The summed E-state index contributed by atoms with van der Waals surface area (Å²) in [5, 5.41) is 2.61. The lowest BCUT2D eigenvalue weighted by atomic mass is 10.1. The van der Waals surface area contributed by atoms with E-state index in [1.165, 1.54) is 18.3 Å². The van der Waals surface area contributed by atoms with E-state index in [2.05, 4.69) is 27.9 Å². The quantitative estimate of drug-likeness (QED) is 0.481. The van der Waals surface area contributed by atoms with Gasteiger partial charge in [-0.15, -0.1) is 0 Å². The van der Waals surface area contributed by atoms with Crippen LogP contribution in [0.5, 0.6) is 0 Å². The van der Waals surface area contributed by atoms with Gasteiger partial charge in [-0.1, -0.05) is 12.1 Å². The molecule has 1 N–H and O–H groups in total. The summed E-state index contributed by atoms with van der Waals surface area (Å²) in [7, 11) is 0. The largest absolute Gasteiger partial charge is 0.359 e. The fraction of sp³-hybridized carbons (Fsp3) is 0. The van der Waals surface area contributed by atoms with Crippen LogP contribution < -0.4 is 5.32 Å². The van der Waals surface area contributed by atoms with Gasteiger partial charge in [-0.3, -0.25) is 4.79 Å². The number of benzene rings is 2. The second-order valence-electron chi connectivity index (χ2n) is 3.97. The maximum atomic E-state index is 13.3. The van der Waals surface area contributed by atoms with Crippen LogP contribution in [0.15, 0.2) is 54.7 Å². The Morgan fingerprint density at radius 2 is 1.80 bits per heavy atom. The fourth-order valence-corrected chi connectivity index (χ4v) is 1.88. The first kappa shape index (κ1) is 14.6. The van der Waals surface area contributed by atoms with Crippen molar-refractivity contribution in [2.24, 2.45) is 0 Å². The highest BCUT2D eigenvalue weighted by Crippen LogP contribution is 2.15. The van der Waals surface area contributed by atoms with E-state index in [0.717, 1.165) is 15.7 Å². The molecule has 102 valence electrons. The van der Waals surface area contributed by atoms with Gasteiger partial charge in [0.25, 0.3) is 0 Å². The number of anilines is 1. The van der Waals surface area contributed by atoms with Crippen molar-refractivity contribution in [1.29, 1.82) is 0 Å².